The van der Waals surface area contributed by atoms with Gasteiger partial charge in [-0.25, -0.2) is 9.67 Å². The molecule has 0 saturated carbocycles. The lowest BCUT2D eigenvalue weighted by Crippen LogP contribution is -2.27. The van der Waals surface area contributed by atoms with E-state index in [2.05, 4.69) is 10.4 Å². The predicted octanol–water partition coefficient (Wildman–Crippen LogP) is 5.58. The van der Waals surface area contributed by atoms with Crippen LogP contribution >= 0.6 is 23.4 Å². The van der Waals surface area contributed by atoms with Crippen molar-refractivity contribution in [3.8, 4) is 16.8 Å². The third-order valence-electron chi connectivity index (χ3n) is 6.13. The Morgan fingerprint density at radius 3 is 2.69 bits per heavy atom. The van der Waals surface area contributed by atoms with Crippen LogP contribution in [0.4, 0.5) is 5.69 Å². The van der Waals surface area contributed by atoms with Crippen LogP contribution in [-0.2, 0) is 4.79 Å². The third kappa shape index (κ3) is 4.08. The van der Waals surface area contributed by atoms with Gasteiger partial charge in [0.2, 0.25) is 5.91 Å². The number of amides is 1. The molecule has 1 atom stereocenters. The lowest BCUT2D eigenvalue weighted by molar-refractivity contribution is -0.116. The number of nitrogens with zero attached hydrogens (tertiary/aromatic N) is 4. The van der Waals surface area contributed by atoms with E-state index in [0.717, 1.165) is 22.5 Å². The van der Waals surface area contributed by atoms with Gasteiger partial charge >= 0.3 is 0 Å². The molecule has 178 valence electrons. The predicted molar refractivity (Wildman–Crippen MR) is 143 cm³/mol. The van der Waals surface area contributed by atoms with Crippen molar-refractivity contribution in [3.05, 3.63) is 100 Å². The van der Waals surface area contributed by atoms with Crippen molar-refractivity contribution in [1.82, 2.24) is 19.3 Å². The van der Waals surface area contributed by atoms with Gasteiger partial charge < -0.3 is 5.32 Å². The molecule has 0 saturated heterocycles. The van der Waals surface area contributed by atoms with Gasteiger partial charge in [0, 0.05) is 28.4 Å². The van der Waals surface area contributed by atoms with Crippen molar-refractivity contribution in [1.29, 1.82) is 0 Å². The number of rotatable bonds is 5. The van der Waals surface area contributed by atoms with Crippen LogP contribution in [0.2, 0.25) is 5.02 Å². The summed E-state index contributed by atoms with van der Waals surface area (Å²) in [6.07, 6.45) is 1.69. The van der Waals surface area contributed by atoms with Gasteiger partial charge in [0.15, 0.2) is 10.8 Å². The van der Waals surface area contributed by atoms with Crippen LogP contribution in [0, 0.1) is 0 Å². The number of carbonyl (C=O) groups is 1. The average Bonchev–Trinajstić information content (AvgIpc) is 3.50. The molecule has 1 aliphatic rings. The highest BCUT2D eigenvalue weighted by atomic mass is 35.5. The summed E-state index contributed by atoms with van der Waals surface area (Å²) in [4.78, 5) is 31.2. The van der Waals surface area contributed by atoms with E-state index < -0.39 is 0 Å². The Morgan fingerprint density at radius 1 is 1.06 bits per heavy atom. The van der Waals surface area contributed by atoms with E-state index in [-0.39, 0.29) is 23.9 Å². The molecule has 3 aromatic carbocycles. The van der Waals surface area contributed by atoms with Crippen molar-refractivity contribution in [2.75, 3.05) is 11.1 Å². The number of thioether (sulfide) groups is 1. The van der Waals surface area contributed by atoms with Gasteiger partial charge in [-0.1, -0.05) is 78.0 Å². The number of para-hydroxylation sites is 1. The van der Waals surface area contributed by atoms with Crippen LogP contribution in [0.25, 0.3) is 27.8 Å². The fourth-order valence-corrected chi connectivity index (χ4v) is 5.77. The molecule has 0 spiro atoms. The number of benzene rings is 3. The van der Waals surface area contributed by atoms with Crippen LogP contribution in [0.1, 0.15) is 12.5 Å². The maximum atomic E-state index is 13.4. The number of hydrogen-bond acceptors (Lipinski definition) is 5. The minimum absolute atomic E-state index is 0.154. The second-order valence-corrected chi connectivity index (χ2v) is 9.90. The average molecular weight is 514 g/mol. The molecule has 1 N–H and O–H groups in total. The molecule has 3 heterocycles. The summed E-state index contributed by atoms with van der Waals surface area (Å²) >= 11 is 7.61. The van der Waals surface area contributed by atoms with Crippen molar-refractivity contribution in [2.24, 2.45) is 0 Å². The molecule has 9 heteroatoms. The van der Waals surface area contributed by atoms with Gasteiger partial charge in [0.1, 0.15) is 5.39 Å². The molecule has 0 bridgehead atoms. The molecule has 1 unspecified atom stereocenters. The summed E-state index contributed by atoms with van der Waals surface area (Å²) in [6.45, 7) is 0. The van der Waals surface area contributed by atoms with Gasteiger partial charge in [0.05, 0.1) is 17.9 Å². The molecular formula is C27H20ClN5O2S. The minimum atomic E-state index is -0.298. The van der Waals surface area contributed by atoms with Crippen molar-refractivity contribution in [2.45, 2.75) is 17.6 Å². The van der Waals surface area contributed by atoms with Crippen LogP contribution in [0.3, 0.4) is 0 Å². The Balaban J connectivity index is 1.28. The quantitative estimate of drug-likeness (QED) is 0.310. The summed E-state index contributed by atoms with van der Waals surface area (Å²) in [5, 5.41) is 8.98. The number of halogens is 1. The number of nitrogens with one attached hydrogen (secondary N) is 1. The first-order valence-corrected chi connectivity index (χ1v) is 12.8. The van der Waals surface area contributed by atoms with E-state index in [0.29, 0.717) is 27.0 Å². The number of hydrogen-bond donors (Lipinski definition) is 1. The highest BCUT2D eigenvalue weighted by Gasteiger charge is 2.30. The molecule has 0 aliphatic carbocycles. The molecule has 1 amide bonds. The molecule has 0 fully saturated rings. The fourth-order valence-electron chi connectivity index (χ4n) is 4.45. The normalized spacial score (nSPS) is 14.6. The largest absolute Gasteiger partial charge is 0.325 e. The van der Waals surface area contributed by atoms with E-state index in [1.807, 2.05) is 66.7 Å². The topological polar surface area (TPSA) is 81.8 Å². The monoisotopic (exact) mass is 513 g/mol. The number of aromatic nitrogens is 4. The first kappa shape index (κ1) is 22.6. The van der Waals surface area contributed by atoms with Crippen LogP contribution in [0.15, 0.2) is 95.0 Å². The fraction of sp³-hybridized carbons (Fsp3) is 0.111. The number of carbonyl (C=O) groups excluding carboxylic acids is 1. The Bertz CT molecular complexity index is 1660. The Hall–Kier alpha value is -3.88. The van der Waals surface area contributed by atoms with Crippen LogP contribution in [-0.4, -0.2) is 31.0 Å². The number of anilines is 1. The standard InChI is InChI=1S/C27H20ClN5O2S/c28-18-9-6-10-19(13-18)33-25-22(15-29-33)26(35)32-20(16-36-27(32)31-25)14-24(34)30-23-12-5-4-11-21(23)17-7-2-1-3-8-17/h1-13,15,20H,14,16H2,(H,30,34). The highest BCUT2D eigenvalue weighted by Crippen LogP contribution is 2.34. The third-order valence-corrected chi connectivity index (χ3v) is 7.46. The number of fused-ring (bicyclic) bond motifs is 2. The molecule has 5 aromatic rings. The van der Waals surface area contributed by atoms with Crippen LogP contribution < -0.4 is 10.9 Å². The van der Waals surface area contributed by atoms with E-state index in [4.69, 9.17) is 16.6 Å². The lowest BCUT2D eigenvalue weighted by Gasteiger charge is -2.15. The molecule has 7 nitrogen and oxygen atoms in total. The maximum absolute atomic E-state index is 13.4. The van der Waals surface area contributed by atoms with Crippen molar-refractivity contribution < 1.29 is 4.79 Å². The highest BCUT2D eigenvalue weighted by molar-refractivity contribution is 7.99. The Kier molecular flexibility index (Phi) is 5.83. The molecule has 0 radical (unpaired) electrons. The summed E-state index contributed by atoms with van der Waals surface area (Å²) in [6, 6.07) is 24.6. The Labute approximate surface area is 215 Å². The van der Waals surface area contributed by atoms with Gasteiger partial charge in [-0.15, -0.1) is 0 Å². The zero-order valence-electron chi connectivity index (χ0n) is 19.0. The molecule has 1 aliphatic heterocycles. The van der Waals surface area contributed by atoms with E-state index >= 15 is 0 Å². The van der Waals surface area contributed by atoms with E-state index in [1.54, 1.807) is 21.4 Å². The molecule has 2 aromatic heterocycles. The summed E-state index contributed by atoms with van der Waals surface area (Å²) in [5.74, 6) is 0.436. The summed E-state index contributed by atoms with van der Waals surface area (Å²) < 4.78 is 3.24. The van der Waals surface area contributed by atoms with Gasteiger partial charge in [-0.05, 0) is 29.8 Å². The first-order chi connectivity index (χ1) is 17.6. The zero-order valence-corrected chi connectivity index (χ0v) is 20.5. The SMILES string of the molecule is O=C(CC1CSc2nc3c(cnn3-c3cccc(Cl)c3)c(=O)n21)Nc1ccccc1-c1ccccc1. The van der Waals surface area contributed by atoms with E-state index in [1.165, 1.54) is 18.0 Å². The smallest absolute Gasteiger partial charge is 0.265 e. The lowest BCUT2D eigenvalue weighted by atomic mass is 10.0. The molecular weight excluding hydrogens is 494 g/mol. The van der Waals surface area contributed by atoms with Gasteiger partial charge in [0.25, 0.3) is 5.56 Å². The molecule has 6 rings (SSSR count). The minimum Gasteiger partial charge on any atom is -0.325 e. The maximum Gasteiger partial charge on any atom is 0.265 e. The van der Waals surface area contributed by atoms with Crippen molar-refractivity contribution >= 4 is 46.0 Å². The van der Waals surface area contributed by atoms with Crippen molar-refractivity contribution in [3.63, 3.8) is 0 Å². The van der Waals surface area contributed by atoms with Gasteiger partial charge in [-0.3, -0.25) is 14.2 Å². The second kappa shape index (κ2) is 9.29. The van der Waals surface area contributed by atoms with Crippen LogP contribution in [0.5, 0.6) is 0 Å². The summed E-state index contributed by atoms with van der Waals surface area (Å²) in [7, 11) is 0. The zero-order chi connectivity index (χ0) is 24.6. The van der Waals surface area contributed by atoms with E-state index in [9.17, 15) is 9.59 Å². The Morgan fingerprint density at radius 2 is 1.86 bits per heavy atom. The van der Waals surface area contributed by atoms with Gasteiger partial charge in [-0.2, -0.15) is 5.10 Å². The first-order valence-electron chi connectivity index (χ1n) is 11.4. The molecule has 36 heavy (non-hydrogen) atoms. The second-order valence-electron chi connectivity index (χ2n) is 8.47. The summed E-state index contributed by atoms with van der Waals surface area (Å²) in [5.41, 5.74) is 3.71.